The number of rotatable bonds is 3. The number of nitrogens with one attached hydrogen (secondary N) is 1. The molecule has 1 aromatic rings. The van der Waals surface area contributed by atoms with Crippen molar-refractivity contribution < 1.29 is 13.2 Å². The van der Waals surface area contributed by atoms with Gasteiger partial charge in [-0.05, 0) is 38.1 Å². The summed E-state index contributed by atoms with van der Waals surface area (Å²) in [7, 11) is -3.16. The number of amides is 1. The van der Waals surface area contributed by atoms with Gasteiger partial charge in [-0.15, -0.1) is 0 Å². The van der Waals surface area contributed by atoms with E-state index in [4.69, 9.17) is 23.2 Å². The minimum atomic E-state index is -3.16. The number of carbonyl (C=O) groups excluding carboxylic acids is 1. The van der Waals surface area contributed by atoms with Gasteiger partial charge in [0.15, 0.2) is 9.84 Å². The van der Waals surface area contributed by atoms with Gasteiger partial charge in [0.1, 0.15) is 0 Å². The first-order chi connectivity index (χ1) is 11.4. The van der Waals surface area contributed by atoms with Crippen LogP contribution in [0.3, 0.4) is 0 Å². The summed E-state index contributed by atoms with van der Waals surface area (Å²) in [5, 5.41) is 3.35. The van der Waals surface area contributed by atoms with Gasteiger partial charge in [0.2, 0.25) is 0 Å². The number of sulfone groups is 1. The molecule has 5 nitrogen and oxygen atoms in total. The number of hydrogen-bond donors (Lipinski definition) is 1. The molecule has 8 heteroatoms. The molecule has 2 fully saturated rings. The number of hydrogen-bond acceptors (Lipinski definition) is 4. The molecule has 0 unspecified atom stereocenters. The Balaban J connectivity index is 1.78. The Bertz CT molecular complexity index is 733. The molecule has 2 saturated heterocycles. The normalized spacial score (nSPS) is 27.1. The molecular formula is C16H20Cl2N2O3S. The summed E-state index contributed by atoms with van der Waals surface area (Å²) < 4.78 is 24.2. The lowest BCUT2D eigenvalue weighted by Gasteiger charge is -2.35. The van der Waals surface area contributed by atoms with Crippen LogP contribution >= 0.6 is 23.2 Å². The molecular weight excluding hydrogens is 371 g/mol. The van der Waals surface area contributed by atoms with Crippen LogP contribution in [0, 0.1) is 0 Å². The van der Waals surface area contributed by atoms with Crippen LogP contribution in [0.1, 0.15) is 29.6 Å². The number of carbonyl (C=O) groups is 1. The first-order valence-electron chi connectivity index (χ1n) is 8.07. The van der Waals surface area contributed by atoms with E-state index in [1.807, 2.05) is 0 Å². The lowest BCUT2D eigenvalue weighted by atomic mass is 10.0. The molecule has 2 aliphatic rings. The van der Waals surface area contributed by atoms with Crippen LogP contribution in [-0.2, 0) is 9.84 Å². The van der Waals surface area contributed by atoms with Crippen molar-refractivity contribution in [3.63, 3.8) is 0 Å². The Kier molecular flexibility index (Phi) is 5.39. The molecule has 1 amide bonds. The maximum Gasteiger partial charge on any atom is 0.253 e. The highest BCUT2D eigenvalue weighted by molar-refractivity contribution is 7.91. The largest absolute Gasteiger partial charge is 0.347 e. The summed E-state index contributed by atoms with van der Waals surface area (Å²) >= 11 is 12.0. The van der Waals surface area contributed by atoms with Crippen LogP contribution in [0.5, 0.6) is 0 Å². The van der Waals surface area contributed by atoms with Crippen LogP contribution in [0.2, 0.25) is 10.0 Å². The molecule has 0 aromatic heterocycles. The van der Waals surface area contributed by atoms with E-state index >= 15 is 0 Å². The van der Waals surface area contributed by atoms with Crippen LogP contribution < -0.4 is 5.32 Å². The number of halogens is 2. The van der Waals surface area contributed by atoms with Gasteiger partial charge in [-0.2, -0.15) is 0 Å². The Morgan fingerprint density at radius 3 is 2.54 bits per heavy atom. The van der Waals surface area contributed by atoms with Crippen molar-refractivity contribution in [3.05, 3.63) is 33.8 Å². The lowest BCUT2D eigenvalue weighted by Crippen LogP contribution is -2.52. The number of nitrogens with zero attached hydrogens (tertiary/aromatic N) is 1. The summed E-state index contributed by atoms with van der Waals surface area (Å²) in [5.41, 5.74) is 0.269. The van der Waals surface area contributed by atoms with E-state index in [0.29, 0.717) is 5.02 Å². The maximum atomic E-state index is 12.5. The lowest BCUT2D eigenvalue weighted by molar-refractivity contribution is 0.0900. The fourth-order valence-electron chi connectivity index (χ4n) is 3.50. The van der Waals surface area contributed by atoms with E-state index in [-0.39, 0.29) is 34.0 Å². The smallest absolute Gasteiger partial charge is 0.253 e. The molecule has 2 atom stereocenters. The predicted octanol–water partition coefficient (Wildman–Crippen LogP) is 2.37. The van der Waals surface area contributed by atoms with Crippen LogP contribution in [0.15, 0.2) is 18.2 Å². The van der Waals surface area contributed by atoms with Gasteiger partial charge in [-0.3, -0.25) is 9.69 Å². The fraction of sp³-hybridized carbons (Fsp3) is 0.562. The molecule has 1 N–H and O–H groups in total. The molecule has 1 aromatic carbocycles. The van der Waals surface area contributed by atoms with Crippen molar-refractivity contribution in [3.8, 4) is 0 Å². The Labute approximate surface area is 152 Å². The van der Waals surface area contributed by atoms with Crippen molar-refractivity contribution >= 4 is 38.9 Å². The van der Waals surface area contributed by atoms with Crippen LogP contribution in [-0.4, -0.2) is 55.9 Å². The van der Waals surface area contributed by atoms with Crippen molar-refractivity contribution in [2.24, 2.45) is 0 Å². The first-order valence-corrected chi connectivity index (χ1v) is 10.6. The van der Waals surface area contributed by atoms with Gasteiger partial charge in [0.05, 0.1) is 33.2 Å². The summed E-state index contributed by atoms with van der Waals surface area (Å²) in [6, 6.07) is 4.25. The summed E-state index contributed by atoms with van der Waals surface area (Å²) in [6.07, 6.45) is 3.31. The summed E-state index contributed by atoms with van der Waals surface area (Å²) in [4.78, 5) is 14.7. The third kappa shape index (κ3) is 3.87. The average molecular weight is 391 g/mol. The molecule has 3 rings (SSSR count). The zero-order valence-electron chi connectivity index (χ0n) is 13.2. The Morgan fingerprint density at radius 2 is 1.83 bits per heavy atom. The van der Waals surface area contributed by atoms with E-state index in [9.17, 15) is 13.2 Å². The number of piperidine rings is 1. The SMILES string of the molecule is O=C(N[C@@H]1CS(=O)(=O)C[C@@H]1N1CCCCC1)c1cccc(Cl)c1Cl. The summed E-state index contributed by atoms with van der Waals surface area (Å²) in [5.74, 6) is -0.314. The second-order valence-corrected chi connectivity index (χ2v) is 9.36. The molecule has 0 bridgehead atoms. The molecule has 24 heavy (non-hydrogen) atoms. The minimum absolute atomic E-state index is 0.0297. The van der Waals surface area contributed by atoms with Crippen molar-refractivity contribution in [1.82, 2.24) is 10.2 Å². The van der Waals surface area contributed by atoms with E-state index in [1.165, 1.54) is 6.42 Å². The first kappa shape index (κ1) is 18.0. The Morgan fingerprint density at radius 1 is 1.12 bits per heavy atom. The number of likely N-dealkylation sites (tertiary alicyclic amines) is 1. The molecule has 2 heterocycles. The molecule has 132 valence electrons. The van der Waals surface area contributed by atoms with Gasteiger partial charge in [-0.25, -0.2) is 8.42 Å². The third-order valence-corrected chi connectivity index (χ3v) is 7.23. The fourth-order valence-corrected chi connectivity index (χ4v) is 5.84. The van der Waals surface area contributed by atoms with Crippen LogP contribution in [0.4, 0.5) is 0 Å². The van der Waals surface area contributed by atoms with Crippen molar-refractivity contribution in [1.29, 1.82) is 0 Å². The third-order valence-electron chi connectivity index (χ3n) is 4.70. The van der Waals surface area contributed by atoms with Gasteiger partial charge in [0.25, 0.3) is 5.91 Å². The van der Waals surface area contributed by atoms with E-state index in [1.54, 1.807) is 18.2 Å². The monoisotopic (exact) mass is 390 g/mol. The predicted molar refractivity (Wildman–Crippen MR) is 95.6 cm³/mol. The minimum Gasteiger partial charge on any atom is -0.347 e. The molecule has 0 radical (unpaired) electrons. The number of benzene rings is 1. The average Bonchev–Trinajstić information content (AvgIpc) is 2.85. The van der Waals surface area contributed by atoms with Gasteiger partial charge in [-0.1, -0.05) is 35.7 Å². The second-order valence-electron chi connectivity index (χ2n) is 6.42. The quantitative estimate of drug-likeness (QED) is 0.859. The van der Waals surface area contributed by atoms with Crippen molar-refractivity contribution in [2.75, 3.05) is 24.6 Å². The highest BCUT2D eigenvalue weighted by Gasteiger charge is 2.42. The van der Waals surface area contributed by atoms with Gasteiger partial charge < -0.3 is 5.32 Å². The second kappa shape index (κ2) is 7.20. The van der Waals surface area contributed by atoms with Crippen molar-refractivity contribution in [2.45, 2.75) is 31.3 Å². The van der Waals surface area contributed by atoms with Crippen LogP contribution in [0.25, 0.3) is 0 Å². The molecule has 0 spiro atoms. The van der Waals surface area contributed by atoms with E-state index < -0.39 is 15.9 Å². The van der Waals surface area contributed by atoms with Gasteiger partial charge >= 0.3 is 0 Å². The molecule has 2 aliphatic heterocycles. The highest BCUT2D eigenvalue weighted by atomic mass is 35.5. The zero-order valence-corrected chi connectivity index (χ0v) is 15.5. The van der Waals surface area contributed by atoms with Gasteiger partial charge in [0, 0.05) is 6.04 Å². The topological polar surface area (TPSA) is 66.5 Å². The van der Waals surface area contributed by atoms with E-state index in [0.717, 1.165) is 25.9 Å². The maximum absolute atomic E-state index is 12.5. The highest BCUT2D eigenvalue weighted by Crippen LogP contribution is 2.27. The summed E-state index contributed by atoms with van der Waals surface area (Å²) in [6.45, 7) is 1.76. The zero-order chi connectivity index (χ0) is 17.3. The molecule has 0 aliphatic carbocycles. The Hall–Kier alpha value is -0.820. The molecule has 0 saturated carbocycles. The standard InChI is InChI=1S/C16H20Cl2N2O3S/c17-12-6-4-5-11(15(12)18)16(21)19-13-9-24(22,23)10-14(13)20-7-2-1-3-8-20/h4-6,13-14H,1-3,7-10H2,(H,19,21)/t13-,14+/m1/s1. The van der Waals surface area contributed by atoms with E-state index in [2.05, 4.69) is 10.2 Å².